The van der Waals surface area contributed by atoms with Crippen molar-refractivity contribution >= 4 is 42.1 Å². The number of halogens is 2. The second kappa shape index (κ2) is 11.6. The molecule has 188 valence electrons. The molecule has 1 atom stereocenters. The van der Waals surface area contributed by atoms with Crippen LogP contribution in [-0.2, 0) is 13.0 Å². The predicted molar refractivity (Wildman–Crippen MR) is 151 cm³/mol. The average Bonchev–Trinajstić information content (AvgIpc) is 3.42. The summed E-state index contributed by atoms with van der Waals surface area (Å²) in [6.07, 6.45) is 9.10. The van der Waals surface area contributed by atoms with Gasteiger partial charge in [-0.05, 0) is 49.9 Å². The Balaban J connectivity index is 0.00000171. The highest BCUT2D eigenvalue weighted by atomic mass is 35.5. The molecule has 2 aromatic heterocycles. The van der Waals surface area contributed by atoms with Crippen LogP contribution in [0.1, 0.15) is 48.5 Å². The van der Waals surface area contributed by atoms with Gasteiger partial charge in [-0.3, -0.25) is 4.90 Å². The Morgan fingerprint density at radius 1 is 1.03 bits per heavy atom. The Labute approximate surface area is 221 Å². The highest BCUT2D eigenvalue weighted by Gasteiger charge is 2.29. The highest BCUT2D eigenvalue weighted by molar-refractivity contribution is 5.85. The summed E-state index contributed by atoms with van der Waals surface area (Å²) in [7, 11) is 0. The van der Waals surface area contributed by atoms with Gasteiger partial charge in [0, 0.05) is 50.0 Å². The quantitative estimate of drug-likeness (QED) is 0.416. The summed E-state index contributed by atoms with van der Waals surface area (Å²) in [5.74, 6) is 1.10. The van der Waals surface area contributed by atoms with Crippen molar-refractivity contribution in [3.63, 3.8) is 0 Å². The monoisotopic (exact) mass is 513 g/mol. The zero-order valence-corrected chi connectivity index (χ0v) is 22.8. The van der Waals surface area contributed by atoms with Gasteiger partial charge in [0.25, 0.3) is 0 Å². The maximum absolute atomic E-state index is 4.87. The molecule has 0 spiro atoms. The molecule has 1 fully saturated rings. The summed E-state index contributed by atoms with van der Waals surface area (Å²) in [4.78, 5) is 14.8. The highest BCUT2D eigenvalue weighted by Crippen LogP contribution is 2.26. The number of rotatable bonds is 6. The molecule has 5 nitrogen and oxygen atoms in total. The molecule has 5 rings (SSSR count). The molecule has 2 aliphatic heterocycles. The van der Waals surface area contributed by atoms with Gasteiger partial charge < -0.3 is 9.47 Å². The van der Waals surface area contributed by atoms with Gasteiger partial charge in [-0.25, -0.2) is 9.97 Å². The third-order valence-corrected chi connectivity index (χ3v) is 7.14. The summed E-state index contributed by atoms with van der Waals surface area (Å²) in [6.45, 7) is 14.0. The number of hydrogen-bond acceptors (Lipinski definition) is 4. The van der Waals surface area contributed by atoms with Crippen molar-refractivity contribution in [1.82, 2.24) is 24.3 Å². The average molecular weight is 515 g/mol. The van der Waals surface area contributed by atoms with Gasteiger partial charge in [0.15, 0.2) is 5.65 Å². The van der Waals surface area contributed by atoms with E-state index in [9.17, 15) is 0 Å². The molecule has 2 aliphatic rings. The number of piperazine rings is 1. The van der Waals surface area contributed by atoms with Crippen LogP contribution >= 0.6 is 24.8 Å². The van der Waals surface area contributed by atoms with Gasteiger partial charge in [-0.2, -0.15) is 0 Å². The minimum absolute atomic E-state index is 0. The first-order valence-electron chi connectivity index (χ1n) is 12.3. The number of fused-ring (bicyclic) bond motifs is 2. The molecule has 1 aromatic carbocycles. The van der Waals surface area contributed by atoms with E-state index in [1.807, 2.05) is 0 Å². The Bertz CT molecular complexity index is 1210. The van der Waals surface area contributed by atoms with E-state index >= 15 is 0 Å². The van der Waals surface area contributed by atoms with Crippen LogP contribution in [-0.4, -0.2) is 56.6 Å². The largest absolute Gasteiger partial charge is 0.372 e. The van der Waals surface area contributed by atoms with Crippen LogP contribution in [0.25, 0.3) is 17.2 Å². The van der Waals surface area contributed by atoms with E-state index in [2.05, 4.69) is 90.6 Å². The van der Waals surface area contributed by atoms with Gasteiger partial charge in [0.05, 0.1) is 6.54 Å². The summed E-state index contributed by atoms with van der Waals surface area (Å²) in [5.41, 5.74) is 8.33. The van der Waals surface area contributed by atoms with Crippen LogP contribution < -0.4 is 0 Å². The molecule has 0 radical (unpaired) electrons. The van der Waals surface area contributed by atoms with E-state index in [-0.39, 0.29) is 24.8 Å². The maximum atomic E-state index is 4.87. The van der Waals surface area contributed by atoms with Gasteiger partial charge in [0.1, 0.15) is 11.3 Å². The fraction of sp³-hybridized carbons (Fsp3) is 0.429. The molecule has 1 unspecified atom stereocenters. The van der Waals surface area contributed by atoms with E-state index in [0.717, 1.165) is 55.3 Å². The number of imidazole rings is 1. The number of aryl methyl sites for hydroxylation is 3. The third-order valence-electron chi connectivity index (χ3n) is 7.14. The second-order valence-corrected chi connectivity index (χ2v) is 9.44. The van der Waals surface area contributed by atoms with Crippen molar-refractivity contribution in [3.8, 4) is 0 Å². The maximum Gasteiger partial charge on any atom is 0.160 e. The Morgan fingerprint density at radius 2 is 1.80 bits per heavy atom. The smallest absolute Gasteiger partial charge is 0.160 e. The molecule has 0 amide bonds. The lowest BCUT2D eigenvalue weighted by atomic mass is 10.1. The minimum atomic E-state index is 0. The first-order valence-corrected chi connectivity index (χ1v) is 12.3. The molecular weight excluding hydrogens is 477 g/mol. The molecule has 0 saturated carbocycles. The van der Waals surface area contributed by atoms with Crippen molar-refractivity contribution < 1.29 is 0 Å². The van der Waals surface area contributed by atoms with Crippen molar-refractivity contribution in [2.24, 2.45) is 0 Å². The molecule has 0 bridgehead atoms. The van der Waals surface area contributed by atoms with Crippen LogP contribution in [0.4, 0.5) is 0 Å². The number of pyridine rings is 1. The summed E-state index contributed by atoms with van der Waals surface area (Å²) >= 11 is 0. The van der Waals surface area contributed by atoms with E-state index in [4.69, 9.17) is 9.97 Å². The lowest BCUT2D eigenvalue weighted by Crippen LogP contribution is -2.48. The molecule has 0 aliphatic carbocycles. The Kier molecular flexibility index (Phi) is 9.03. The van der Waals surface area contributed by atoms with Crippen LogP contribution in [0.15, 0.2) is 48.2 Å². The number of nitrogens with zero attached hydrogens (tertiary/aromatic N) is 5. The van der Waals surface area contributed by atoms with Crippen molar-refractivity contribution in [2.45, 2.75) is 53.1 Å². The number of benzene rings is 1. The Morgan fingerprint density at radius 3 is 2.54 bits per heavy atom. The van der Waals surface area contributed by atoms with Crippen molar-refractivity contribution in [1.29, 1.82) is 0 Å². The molecular formula is C28H37Cl2N5. The molecule has 7 heteroatoms. The fourth-order valence-corrected chi connectivity index (χ4v) is 5.31. The van der Waals surface area contributed by atoms with Crippen molar-refractivity contribution in [2.75, 3.05) is 26.2 Å². The summed E-state index contributed by atoms with van der Waals surface area (Å²) in [6, 6.07) is 11.6. The topological polar surface area (TPSA) is 37.2 Å². The zero-order valence-electron chi connectivity index (χ0n) is 21.2. The number of hydrogen-bond donors (Lipinski definition) is 0. The lowest BCUT2D eigenvalue weighted by molar-refractivity contribution is 0.151. The van der Waals surface area contributed by atoms with Gasteiger partial charge in [-0.1, -0.05) is 49.4 Å². The second-order valence-electron chi connectivity index (χ2n) is 9.44. The fourth-order valence-electron chi connectivity index (χ4n) is 5.31. The SMILES string of the molecule is CCc1nc2c(C)cc(C)nc2n1Cc1ccc(C=CCN2CCN3CCC=C3C2C)cc1.Cl.Cl. The summed E-state index contributed by atoms with van der Waals surface area (Å²) < 4.78 is 2.28. The van der Waals surface area contributed by atoms with Gasteiger partial charge in [-0.15, -0.1) is 24.8 Å². The first-order chi connectivity index (χ1) is 16.0. The molecule has 1 saturated heterocycles. The Hall–Kier alpha value is -2.34. The third kappa shape index (κ3) is 5.58. The standard InChI is InChI=1S/C28H35N5.2ClH/c1-5-26-30-27-20(2)18-21(3)29-28(27)33(26)19-24-12-10-23(11-13-24)8-6-14-31-16-17-32-15-7-9-25(32)22(31)4;;/h6,8-13,18,22H,5,7,14-17,19H2,1-4H3;2*1H. The molecule has 3 aromatic rings. The van der Waals surface area contributed by atoms with Crippen LogP contribution in [0.2, 0.25) is 0 Å². The van der Waals surface area contributed by atoms with Crippen LogP contribution in [0, 0.1) is 13.8 Å². The number of aromatic nitrogens is 3. The van der Waals surface area contributed by atoms with E-state index in [1.165, 1.54) is 35.4 Å². The molecule has 4 heterocycles. The normalized spacial score (nSPS) is 17.9. The molecule has 0 N–H and O–H groups in total. The minimum Gasteiger partial charge on any atom is -0.372 e. The van der Waals surface area contributed by atoms with Crippen LogP contribution in [0.5, 0.6) is 0 Å². The van der Waals surface area contributed by atoms with Gasteiger partial charge in [0.2, 0.25) is 0 Å². The van der Waals surface area contributed by atoms with E-state index in [1.54, 1.807) is 0 Å². The van der Waals surface area contributed by atoms with E-state index in [0.29, 0.717) is 6.04 Å². The van der Waals surface area contributed by atoms with Crippen LogP contribution in [0.3, 0.4) is 0 Å². The summed E-state index contributed by atoms with van der Waals surface area (Å²) in [5, 5.41) is 0. The first kappa shape index (κ1) is 27.3. The van der Waals surface area contributed by atoms with Gasteiger partial charge >= 0.3 is 0 Å². The van der Waals surface area contributed by atoms with E-state index < -0.39 is 0 Å². The van der Waals surface area contributed by atoms with Crippen molar-refractivity contribution in [3.05, 3.63) is 76.4 Å². The zero-order chi connectivity index (χ0) is 22.9. The molecule has 35 heavy (non-hydrogen) atoms. The lowest BCUT2D eigenvalue weighted by Gasteiger charge is -2.40. The predicted octanol–water partition coefficient (Wildman–Crippen LogP) is 5.81.